The van der Waals surface area contributed by atoms with Crippen LogP contribution < -0.4 is 0 Å². The van der Waals surface area contributed by atoms with Gasteiger partial charge in [-0.05, 0) is 19.1 Å². The third kappa shape index (κ3) is 1.22. The molecule has 2 rings (SSSR count). The summed E-state index contributed by atoms with van der Waals surface area (Å²) in [7, 11) is 1.34. The van der Waals surface area contributed by atoms with Crippen molar-refractivity contribution >= 4 is 11.5 Å². The van der Waals surface area contributed by atoms with Crippen LogP contribution in [0.4, 0.5) is 0 Å². The van der Waals surface area contributed by atoms with Crippen molar-refractivity contribution in [3.8, 4) is 0 Å². The summed E-state index contributed by atoms with van der Waals surface area (Å²) in [5.41, 5.74) is 1.93. The van der Waals surface area contributed by atoms with Crippen LogP contribution in [-0.4, -0.2) is 27.9 Å². The number of carbonyl (C=O) groups is 1. The maximum atomic E-state index is 11.3. The van der Waals surface area contributed by atoms with Gasteiger partial charge in [-0.25, -0.2) is 4.79 Å². The molecule has 0 aromatic carbocycles. The fraction of sp³-hybridized carbons (Fsp3) is 0.222. The van der Waals surface area contributed by atoms with Crippen LogP contribution in [0.15, 0.2) is 18.3 Å². The Hall–Kier alpha value is -1.91. The van der Waals surface area contributed by atoms with Gasteiger partial charge in [0.25, 0.3) is 0 Å². The molecule has 0 unspecified atom stereocenters. The smallest absolute Gasteiger partial charge is 0.341 e. The van der Waals surface area contributed by atoms with E-state index in [9.17, 15) is 4.79 Å². The second kappa shape index (κ2) is 3.10. The zero-order valence-corrected chi connectivity index (χ0v) is 7.89. The van der Waals surface area contributed by atoms with E-state index in [1.54, 1.807) is 6.07 Å². The molecule has 0 aliphatic carbocycles. The van der Waals surface area contributed by atoms with Gasteiger partial charge >= 0.3 is 5.97 Å². The van der Waals surface area contributed by atoms with E-state index in [2.05, 4.69) is 14.9 Å². The van der Waals surface area contributed by atoms with Gasteiger partial charge < -0.3 is 4.74 Å². The van der Waals surface area contributed by atoms with Crippen LogP contribution >= 0.6 is 0 Å². The Morgan fingerprint density at radius 3 is 3.00 bits per heavy atom. The minimum absolute atomic E-state index is 0.398. The SMILES string of the molecule is COC(=O)c1cnn2nc(C)ccc12. The molecule has 0 radical (unpaired) electrons. The highest BCUT2D eigenvalue weighted by molar-refractivity contribution is 5.96. The molecule has 5 heteroatoms. The molecule has 14 heavy (non-hydrogen) atoms. The lowest BCUT2D eigenvalue weighted by Crippen LogP contribution is -2.01. The van der Waals surface area contributed by atoms with Crippen LogP contribution in [0.2, 0.25) is 0 Å². The summed E-state index contributed by atoms with van der Waals surface area (Å²) in [6.07, 6.45) is 1.45. The average Bonchev–Trinajstić information content (AvgIpc) is 2.59. The quantitative estimate of drug-likeness (QED) is 0.626. The van der Waals surface area contributed by atoms with Gasteiger partial charge in [0.15, 0.2) is 0 Å². The zero-order chi connectivity index (χ0) is 10.1. The predicted octanol–water partition coefficient (Wildman–Crippen LogP) is 0.824. The summed E-state index contributed by atoms with van der Waals surface area (Å²) >= 11 is 0. The molecule has 0 bridgehead atoms. The Bertz CT molecular complexity index is 490. The molecular weight excluding hydrogens is 182 g/mol. The van der Waals surface area contributed by atoms with Gasteiger partial charge in [0, 0.05) is 0 Å². The summed E-state index contributed by atoms with van der Waals surface area (Å²) in [6.45, 7) is 1.86. The molecule has 5 nitrogen and oxygen atoms in total. The maximum Gasteiger partial charge on any atom is 0.341 e. The van der Waals surface area contributed by atoms with Gasteiger partial charge in [-0.2, -0.15) is 14.8 Å². The third-order valence-corrected chi connectivity index (χ3v) is 1.93. The molecule has 2 aromatic heterocycles. The lowest BCUT2D eigenvalue weighted by molar-refractivity contribution is 0.0603. The van der Waals surface area contributed by atoms with Crippen molar-refractivity contribution in [3.63, 3.8) is 0 Å². The van der Waals surface area contributed by atoms with Crippen LogP contribution in [-0.2, 0) is 4.74 Å². The van der Waals surface area contributed by atoms with Crippen molar-refractivity contribution in [1.29, 1.82) is 0 Å². The van der Waals surface area contributed by atoms with Crippen LogP contribution in [0.3, 0.4) is 0 Å². The summed E-state index contributed by atoms with van der Waals surface area (Å²) in [5.74, 6) is -0.398. The summed E-state index contributed by atoms with van der Waals surface area (Å²) in [4.78, 5) is 11.3. The zero-order valence-electron chi connectivity index (χ0n) is 7.89. The Kier molecular flexibility index (Phi) is 1.92. The topological polar surface area (TPSA) is 56.5 Å². The third-order valence-electron chi connectivity index (χ3n) is 1.93. The predicted molar refractivity (Wildman–Crippen MR) is 49.1 cm³/mol. The van der Waals surface area contributed by atoms with E-state index in [1.807, 2.05) is 13.0 Å². The number of aromatic nitrogens is 3. The van der Waals surface area contributed by atoms with E-state index in [0.29, 0.717) is 11.1 Å². The van der Waals surface area contributed by atoms with E-state index in [-0.39, 0.29) is 0 Å². The number of aryl methyl sites for hydroxylation is 1. The standard InChI is InChI=1S/C9H9N3O2/c1-6-3-4-8-7(9(13)14-2)5-10-12(8)11-6/h3-5H,1-2H3. The van der Waals surface area contributed by atoms with Gasteiger partial charge in [0.2, 0.25) is 0 Å². The first-order valence-corrected chi connectivity index (χ1v) is 4.12. The summed E-state index contributed by atoms with van der Waals surface area (Å²) < 4.78 is 6.03. The molecule has 2 aromatic rings. The number of ether oxygens (including phenoxy) is 1. The molecule has 0 atom stereocenters. The average molecular weight is 191 g/mol. The normalized spacial score (nSPS) is 10.4. The second-order valence-corrected chi connectivity index (χ2v) is 2.90. The molecule has 0 amide bonds. The summed E-state index contributed by atoms with van der Waals surface area (Å²) in [5, 5.41) is 8.06. The molecule has 2 heterocycles. The Balaban J connectivity index is 2.64. The van der Waals surface area contributed by atoms with Crippen molar-refractivity contribution in [2.75, 3.05) is 7.11 Å². The minimum Gasteiger partial charge on any atom is -0.465 e. The second-order valence-electron chi connectivity index (χ2n) is 2.90. The van der Waals surface area contributed by atoms with Gasteiger partial charge in [0.1, 0.15) is 11.1 Å². The maximum absolute atomic E-state index is 11.3. The Labute approximate surface area is 80.3 Å². The molecule has 0 spiro atoms. The van der Waals surface area contributed by atoms with E-state index >= 15 is 0 Å². The van der Waals surface area contributed by atoms with Crippen molar-refractivity contribution in [3.05, 3.63) is 29.6 Å². The molecular formula is C9H9N3O2. The van der Waals surface area contributed by atoms with Crippen molar-refractivity contribution < 1.29 is 9.53 Å². The van der Waals surface area contributed by atoms with E-state index < -0.39 is 5.97 Å². The number of esters is 1. The molecule has 0 saturated carbocycles. The van der Waals surface area contributed by atoms with Crippen molar-refractivity contribution in [2.24, 2.45) is 0 Å². The largest absolute Gasteiger partial charge is 0.465 e. The Morgan fingerprint density at radius 2 is 2.29 bits per heavy atom. The van der Waals surface area contributed by atoms with Crippen LogP contribution in [0.1, 0.15) is 16.1 Å². The first-order chi connectivity index (χ1) is 6.72. The summed E-state index contributed by atoms with van der Waals surface area (Å²) in [6, 6.07) is 3.62. The molecule has 0 aliphatic heterocycles. The highest BCUT2D eigenvalue weighted by Crippen LogP contribution is 2.10. The molecule has 0 aliphatic rings. The first-order valence-electron chi connectivity index (χ1n) is 4.12. The van der Waals surface area contributed by atoms with Crippen molar-refractivity contribution in [2.45, 2.75) is 6.92 Å². The Morgan fingerprint density at radius 1 is 1.50 bits per heavy atom. The highest BCUT2D eigenvalue weighted by atomic mass is 16.5. The van der Waals surface area contributed by atoms with Crippen LogP contribution in [0.5, 0.6) is 0 Å². The van der Waals surface area contributed by atoms with E-state index in [4.69, 9.17) is 0 Å². The number of fused-ring (bicyclic) bond motifs is 1. The van der Waals surface area contributed by atoms with E-state index in [1.165, 1.54) is 17.9 Å². The molecule has 72 valence electrons. The number of methoxy groups -OCH3 is 1. The number of nitrogens with zero attached hydrogens (tertiary/aromatic N) is 3. The number of hydrogen-bond donors (Lipinski definition) is 0. The van der Waals surface area contributed by atoms with Crippen LogP contribution in [0.25, 0.3) is 5.52 Å². The lowest BCUT2D eigenvalue weighted by atomic mass is 10.3. The highest BCUT2D eigenvalue weighted by Gasteiger charge is 2.12. The number of hydrogen-bond acceptors (Lipinski definition) is 4. The van der Waals surface area contributed by atoms with Gasteiger partial charge in [-0.15, -0.1) is 0 Å². The molecule has 0 fully saturated rings. The number of rotatable bonds is 1. The number of carbonyl (C=O) groups excluding carboxylic acids is 1. The monoisotopic (exact) mass is 191 g/mol. The molecule has 0 N–H and O–H groups in total. The van der Waals surface area contributed by atoms with Gasteiger partial charge in [-0.3, -0.25) is 0 Å². The fourth-order valence-electron chi connectivity index (χ4n) is 1.23. The molecule has 0 saturated heterocycles. The fourth-order valence-corrected chi connectivity index (χ4v) is 1.23. The van der Waals surface area contributed by atoms with Gasteiger partial charge in [-0.1, -0.05) is 0 Å². The lowest BCUT2D eigenvalue weighted by Gasteiger charge is -1.96. The minimum atomic E-state index is -0.398. The van der Waals surface area contributed by atoms with E-state index in [0.717, 1.165) is 5.69 Å². The van der Waals surface area contributed by atoms with Crippen LogP contribution in [0, 0.1) is 6.92 Å². The van der Waals surface area contributed by atoms with Gasteiger partial charge in [0.05, 0.1) is 19.0 Å². The van der Waals surface area contributed by atoms with Crippen molar-refractivity contribution in [1.82, 2.24) is 14.8 Å². The first kappa shape index (κ1) is 8.68.